The number of anilines is 1. The molecule has 1 aliphatic rings. The number of halogens is 1. The second kappa shape index (κ2) is 7.25. The van der Waals surface area contributed by atoms with Crippen molar-refractivity contribution in [3.05, 3.63) is 58.8 Å². The number of rotatable bonds is 4. The van der Waals surface area contributed by atoms with Gasteiger partial charge in [-0.15, -0.1) is 0 Å². The highest BCUT2D eigenvalue weighted by atomic mass is 32.2. The van der Waals surface area contributed by atoms with E-state index in [0.29, 0.717) is 32.0 Å². The van der Waals surface area contributed by atoms with Gasteiger partial charge in [0.1, 0.15) is 17.3 Å². The Morgan fingerprint density at radius 3 is 2.48 bits per heavy atom. The molecule has 1 fully saturated rings. The zero-order valence-corrected chi connectivity index (χ0v) is 15.1. The van der Waals surface area contributed by atoms with Crippen LogP contribution in [-0.4, -0.2) is 24.4 Å². The van der Waals surface area contributed by atoms with Crippen LogP contribution in [0.15, 0.2) is 47.4 Å². The Morgan fingerprint density at radius 2 is 1.84 bits per heavy atom. The maximum Gasteiger partial charge on any atom is 0.270 e. The first-order valence-electron chi connectivity index (χ1n) is 7.29. The lowest BCUT2D eigenvalue weighted by molar-refractivity contribution is -0.113. The van der Waals surface area contributed by atoms with Crippen molar-refractivity contribution in [1.29, 1.82) is 0 Å². The number of thioether (sulfide) groups is 1. The highest BCUT2D eigenvalue weighted by molar-refractivity contribution is 8.27. The van der Waals surface area contributed by atoms with Crippen LogP contribution < -0.4 is 14.4 Å². The molecule has 0 spiro atoms. The Balaban J connectivity index is 1.97. The van der Waals surface area contributed by atoms with E-state index in [4.69, 9.17) is 21.7 Å². The van der Waals surface area contributed by atoms with Crippen molar-refractivity contribution in [3.63, 3.8) is 0 Å². The molecule has 3 rings (SSSR count). The quantitative estimate of drug-likeness (QED) is 0.590. The standard InChI is InChI=1S/C18H14FNO3S2/c1-22-14-7-8-15(23-2)11(9-14)10-16-17(21)20(18(24)25-16)13-5-3-12(19)4-6-13/h3-10H,1-2H3. The molecule has 0 saturated carbocycles. The molecule has 0 unspecified atom stereocenters. The van der Waals surface area contributed by atoms with Crippen LogP contribution in [0.4, 0.5) is 10.1 Å². The van der Waals surface area contributed by atoms with Crippen molar-refractivity contribution in [2.45, 2.75) is 0 Å². The number of amides is 1. The Morgan fingerprint density at radius 1 is 1.12 bits per heavy atom. The lowest BCUT2D eigenvalue weighted by atomic mass is 10.1. The predicted molar refractivity (Wildman–Crippen MR) is 102 cm³/mol. The second-order valence-electron chi connectivity index (χ2n) is 5.10. The van der Waals surface area contributed by atoms with E-state index < -0.39 is 0 Å². The van der Waals surface area contributed by atoms with Gasteiger partial charge in [0.15, 0.2) is 4.32 Å². The first kappa shape index (κ1) is 17.4. The van der Waals surface area contributed by atoms with E-state index in [9.17, 15) is 9.18 Å². The summed E-state index contributed by atoms with van der Waals surface area (Å²) in [4.78, 5) is 14.6. The van der Waals surface area contributed by atoms with Crippen LogP contribution in [0.2, 0.25) is 0 Å². The summed E-state index contributed by atoms with van der Waals surface area (Å²) < 4.78 is 24.1. The van der Waals surface area contributed by atoms with Gasteiger partial charge in [0.05, 0.1) is 24.8 Å². The van der Waals surface area contributed by atoms with Gasteiger partial charge in [-0.05, 0) is 48.5 Å². The second-order valence-corrected chi connectivity index (χ2v) is 6.78. The molecule has 1 amide bonds. The zero-order chi connectivity index (χ0) is 18.0. The van der Waals surface area contributed by atoms with Crippen molar-refractivity contribution >= 4 is 46.0 Å². The topological polar surface area (TPSA) is 38.8 Å². The zero-order valence-electron chi connectivity index (χ0n) is 13.5. The van der Waals surface area contributed by atoms with Gasteiger partial charge >= 0.3 is 0 Å². The van der Waals surface area contributed by atoms with Crippen LogP contribution in [-0.2, 0) is 4.79 Å². The fourth-order valence-electron chi connectivity index (χ4n) is 2.37. The highest BCUT2D eigenvalue weighted by Crippen LogP contribution is 2.37. The van der Waals surface area contributed by atoms with E-state index in [1.54, 1.807) is 38.5 Å². The molecule has 0 bridgehead atoms. The SMILES string of the molecule is COc1ccc(OC)c(C=C2SC(=S)N(c3ccc(F)cc3)C2=O)c1. The van der Waals surface area contributed by atoms with Gasteiger partial charge in [0.2, 0.25) is 0 Å². The minimum atomic E-state index is -0.370. The number of nitrogens with zero attached hydrogens (tertiary/aromatic N) is 1. The van der Waals surface area contributed by atoms with Gasteiger partial charge in [-0.2, -0.15) is 0 Å². The van der Waals surface area contributed by atoms with Crippen molar-refractivity contribution < 1.29 is 18.7 Å². The molecule has 7 heteroatoms. The first-order chi connectivity index (χ1) is 12.0. The normalized spacial score (nSPS) is 15.8. The van der Waals surface area contributed by atoms with E-state index in [-0.39, 0.29) is 11.7 Å². The summed E-state index contributed by atoms with van der Waals surface area (Å²) in [5, 5.41) is 0. The van der Waals surface area contributed by atoms with Crippen molar-refractivity contribution in [3.8, 4) is 11.5 Å². The summed E-state index contributed by atoms with van der Waals surface area (Å²) in [7, 11) is 3.13. The summed E-state index contributed by atoms with van der Waals surface area (Å²) in [5.74, 6) is 0.645. The summed E-state index contributed by atoms with van der Waals surface area (Å²) in [6.45, 7) is 0. The number of carbonyl (C=O) groups is 1. The molecule has 4 nitrogen and oxygen atoms in total. The maximum atomic E-state index is 13.1. The average Bonchev–Trinajstić information content (AvgIpc) is 2.89. The summed E-state index contributed by atoms with van der Waals surface area (Å²) in [6, 6.07) is 11.0. The van der Waals surface area contributed by atoms with E-state index in [1.807, 2.05) is 0 Å². The third-order valence-corrected chi connectivity index (χ3v) is 4.90. The van der Waals surface area contributed by atoms with Gasteiger partial charge in [-0.3, -0.25) is 9.69 Å². The number of benzene rings is 2. The van der Waals surface area contributed by atoms with Crippen LogP contribution in [0.1, 0.15) is 5.56 Å². The molecule has 1 heterocycles. The molecular formula is C18H14FNO3S2. The molecule has 1 saturated heterocycles. The molecular weight excluding hydrogens is 361 g/mol. The Hall–Kier alpha value is -2.38. The first-order valence-corrected chi connectivity index (χ1v) is 8.51. The highest BCUT2D eigenvalue weighted by Gasteiger charge is 2.33. The number of thiocarbonyl (C=S) groups is 1. The molecule has 0 aliphatic carbocycles. The van der Waals surface area contributed by atoms with Crippen molar-refractivity contribution in [2.24, 2.45) is 0 Å². The summed E-state index contributed by atoms with van der Waals surface area (Å²) in [6.07, 6.45) is 1.71. The van der Waals surface area contributed by atoms with E-state index >= 15 is 0 Å². The molecule has 2 aromatic carbocycles. The number of hydrogen-bond donors (Lipinski definition) is 0. The molecule has 0 N–H and O–H groups in total. The van der Waals surface area contributed by atoms with Crippen LogP contribution in [0.5, 0.6) is 11.5 Å². The Labute approximate surface area is 154 Å². The summed E-state index contributed by atoms with van der Waals surface area (Å²) in [5.41, 5.74) is 1.24. The molecule has 0 atom stereocenters. The van der Waals surface area contributed by atoms with E-state index in [1.165, 1.54) is 40.9 Å². The van der Waals surface area contributed by atoms with Gasteiger partial charge in [-0.25, -0.2) is 4.39 Å². The van der Waals surface area contributed by atoms with Crippen LogP contribution in [0.25, 0.3) is 6.08 Å². The molecule has 2 aromatic rings. The Kier molecular flexibility index (Phi) is 5.06. The maximum absolute atomic E-state index is 13.1. The van der Waals surface area contributed by atoms with Gasteiger partial charge in [0.25, 0.3) is 5.91 Å². The molecule has 128 valence electrons. The van der Waals surface area contributed by atoms with Gasteiger partial charge in [-0.1, -0.05) is 24.0 Å². The third-order valence-electron chi connectivity index (χ3n) is 3.60. The molecule has 0 radical (unpaired) electrons. The fourth-order valence-corrected chi connectivity index (χ4v) is 3.66. The molecule has 0 aromatic heterocycles. The van der Waals surface area contributed by atoms with Crippen molar-refractivity contribution in [2.75, 3.05) is 19.1 Å². The summed E-state index contributed by atoms with van der Waals surface area (Å²) >= 11 is 6.50. The third kappa shape index (κ3) is 3.52. The van der Waals surface area contributed by atoms with Crippen molar-refractivity contribution in [1.82, 2.24) is 0 Å². The molecule has 1 aliphatic heterocycles. The largest absolute Gasteiger partial charge is 0.497 e. The molecule has 25 heavy (non-hydrogen) atoms. The predicted octanol–water partition coefficient (Wildman–Crippen LogP) is 4.25. The number of hydrogen-bond acceptors (Lipinski definition) is 5. The van der Waals surface area contributed by atoms with Crippen LogP contribution in [0.3, 0.4) is 0 Å². The fraction of sp³-hybridized carbons (Fsp3) is 0.111. The lowest BCUT2D eigenvalue weighted by Crippen LogP contribution is -2.27. The van der Waals surface area contributed by atoms with Gasteiger partial charge < -0.3 is 9.47 Å². The van der Waals surface area contributed by atoms with E-state index in [0.717, 1.165) is 0 Å². The number of carbonyl (C=O) groups excluding carboxylic acids is 1. The minimum absolute atomic E-state index is 0.258. The smallest absolute Gasteiger partial charge is 0.270 e. The van der Waals surface area contributed by atoms with Crippen LogP contribution >= 0.6 is 24.0 Å². The van der Waals surface area contributed by atoms with Gasteiger partial charge in [0, 0.05) is 5.56 Å². The monoisotopic (exact) mass is 375 g/mol. The van der Waals surface area contributed by atoms with E-state index in [2.05, 4.69) is 0 Å². The Bertz CT molecular complexity index is 865. The lowest BCUT2D eigenvalue weighted by Gasteiger charge is -2.14. The minimum Gasteiger partial charge on any atom is -0.497 e. The number of methoxy groups -OCH3 is 2. The average molecular weight is 375 g/mol. The van der Waals surface area contributed by atoms with Crippen LogP contribution in [0, 0.1) is 5.82 Å². The number of ether oxygens (including phenoxy) is 2.